The van der Waals surface area contributed by atoms with E-state index in [1.165, 1.54) is 63.5 Å². The molecule has 0 aliphatic heterocycles. The van der Waals surface area contributed by atoms with Crippen LogP contribution in [0.1, 0.15) is 71.1 Å². The number of halogens is 1. The summed E-state index contributed by atoms with van der Waals surface area (Å²) in [5.74, 6) is 0.937. The van der Waals surface area contributed by atoms with Crippen LogP contribution >= 0.6 is 0 Å². The number of anilines is 2. The molecule has 0 atom stereocenters. The van der Waals surface area contributed by atoms with Gasteiger partial charge in [0.05, 0.1) is 17.9 Å². The molecule has 4 nitrogen and oxygen atoms in total. The van der Waals surface area contributed by atoms with Crippen LogP contribution in [-0.2, 0) is 0 Å². The van der Waals surface area contributed by atoms with Crippen LogP contribution in [0, 0.1) is 0 Å². The topological polar surface area (TPSA) is 24.9 Å². The Bertz CT molecular complexity index is 1130. The number of para-hydroxylation sites is 3. The van der Waals surface area contributed by atoms with Gasteiger partial charge in [-0.3, -0.25) is 0 Å². The van der Waals surface area contributed by atoms with Gasteiger partial charge in [0, 0.05) is 5.10 Å². The fraction of sp³-hybridized carbons (Fsp3) is 0.375. The second kappa shape index (κ2) is 16.2. The number of rotatable bonds is 15. The van der Waals surface area contributed by atoms with Gasteiger partial charge >= 0.3 is 5.95 Å². The van der Waals surface area contributed by atoms with Gasteiger partial charge in [0.25, 0.3) is 0 Å². The van der Waals surface area contributed by atoms with Crippen LogP contribution in [0.3, 0.4) is 0 Å². The molecule has 0 radical (unpaired) electrons. The second-order valence-electron chi connectivity index (χ2n) is 9.57. The van der Waals surface area contributed by atoms with Crippen molar-refractivity contribution in [3.63, 3.8) is 0 Å². The van der Waals surface area contributed by atoms with E-state index in [9.17, 15) is 0 Å². The predicted octanol–water partition coefficient (Wildman–Crippen LogP) is 5.21. The van der Waals surface area contributed by atoms with Crippen molar-refractivity contribution in [1.29, 1.82) is 0 Å². The molecule has 0 saturated carbocycles. The maximum Gasteiger partial charge on any atom is 0.390 e. The first-order valence-corrected chi connectivity index (χ1v) is 13.8. The highest BCUT2D eigenvalue weighted by atomic mass is 127. The van der Waals surface area contributed by atoms with Gasteiger partial charge in [0.15, 0.2) is 0 Å². The highest BCUT2D eigenvalue weighted by molar-refractivity contribution is 5.55. The Kier molecular flexibility index (Phi) is 12.7. The Morgan fingerprint density at radius 2 is 1.16 bits per heavy atom. The molecule has 0 amide bonds. The first kappa shape index (κ1) is 28.9. The molecule has 0 aliphatic rings. The zero-order valence-electron chi connectivity index (χ0n) is 22.2. The molecule has 0 saturated heterocycles. The van der Waals surface area contributed by atoms with Gasteiger partial charge in [-0.15, -0.1) is 4.68 Å². The van der Waals surface area contributed by atoms with Crippen molar-refractivity contribution in [3.05, 3.63) is 97.3 Å². The van der Waals surface area contributed by atoms with Crippen molar-refractivity contribution in [1.82, 2.24) is 9.78 Å². The fourth-order valence-corrected chi connectivity index (χ4v) is 4.70. The molecule has 196 valence electrons. The monoisotopic (exact) mass is 608 g/mol. The Morgan fingerprint density at radius 3 is 1.76 bits per heavy atom. The molecule has 4 rings (SSSR count). The van der Waals surface area contributed by atoms with Crippen molar-refractivity contribution in [3.8, 4) is 11.4 Å². The maximum atomic E-state index is 5.10. The first-order valence-electron chi connectivity index (χ1n) is 13.8. The molecule has 0 aliphatic carbocycles. The molecule has 0 fully saturated rings. The van der Waals surface area contributed by atoms with Crippen molar-refractivity contribution >= 4 is 11.6 Å². The van der Waals surface area contributed by atoms with Gasteiger partial charge < -0.3 is 24.0 Å². The molecule has 3 aromatic carbocycles. The van der Waals surface area contributed by atoms with E-state index in [4.69, 9.17) is 5.10 Å². The SMILES string of the molecule is CCCCCCCCCCCCN(c1ccccc1)c1nn(-c2ccccc2)c[n+]1-c1ccccc1.[I-]. The number of benzene rings is 3. The van der Waals surface area contributed by atoms with Crippen molar-refractivity contribution < 1.29 is 28.5 Å². The Morgan fingerprint density at radius 1 is 0.649 bits per heavy atom. The lowest BCUT2D eigenvalue weighted by molar-refractivity contribution is -0.582. The minimum atomic E-state index is 0. The lowest BCUT2D eigenvalue weighted by atomic mass is 10.1. The third kappa shape index (κ3) is 8.70. The molecule has 37 heavy (non-hydrogen) atoms. The zero-order valence-corrected chi connectivity index (χ0v) is 24.3. The third-order valence-electron chi connectivity index (χ3n) is 6.74. The standard InChI is InChI=1S/C32H41N4.HI/c1-2-3-4-5-6-7-8-9-10-20-27-34(29-21-14-11-15-22-29)32-33-36(31-25-18-13-19-26-31)28-35(32)30-23-16-12-17-24-30;/h11-19,21-26,28H,2-10,20,27H2,1H3;1H/q+1;/p-1. The third-order valence-corrected chi connectivity index (χ3v) is 6.74. The lowest BCUT2D eigenvalue weighted by Gasteiger charge is -2.18. The Labute approximate surface area is 240 Å². The molecule has 0 bridgehead atoms. The number of unbranched alkanes of at least 4 members (excludes halogenated alkanes) is 9. The summed E-state index contributed by atoms with van der Waals surface area (Å²) < 4.78 is 4.19. The van der Waals surface area contributed by atoms with Gasteiger partial charge in [-0.25, -0.2) is 4.90 Å². The predicted molar refractivity (Wildman–Crippen MR) is 150 cm³/mol. The van der Waals surface area contributed by atoms with Crippen molar-refractivity contribution in [2.45, 2.75) is 71.1 Å². The summed E-state index contributed by atoms with van der Waals surface area (Å²) in [6.45, 7) is 3.23. The van der Waals surface area contributed by atoms with E-state index in [1.807, 2.05) is 10.7 Å². The minimum absolute atomic E-state index is 0. The lowest BCUT2D eigenvalue weighted by Crippen LogP contribution is -3.00. The first-order chi connectivity index (χ1) is 17.9. The number of hydrogen-bond acceptors (Lipinski definition) is 2. The average molecular weight is 609 g/mol. The van der Waals surface area contributed by atoms with E-state index in [0.717, 1.165) is 30.3 Å². The molecule has 1 aromatic heterocycles. The summed E-state index contributed by atoms with van der Waals surface area (Å²) in [4.78, 5) is 2.37. The van der Waals surface area contributed by atoms with Gasteiger partial charge in [-0.2, -0.15) is 4.57 Å². The summed E-state index contributed by atoms with van der Waals surface area (Å²) >= 11 is 0. The summed E-state index contributed by atoms with van der Waals surface area (Å²) in [6, 6.07) is 31.6. The molecule has 0 unspecified atom stereocenters. The summed E-state index contributed by atoms with van der Waals surface area (Å²) in [7, 11) is 0. The highest BCUT2D eigenvalue weighted by Gasteiger charge is 2.26. The van der Waals surface area contributed by atoms with E-state index in [1.54, 1.807) is 0 Å². The van der Waals surface area contributed by atoms with Crippen LogP contribution in [0.25, 0.3) is 11.4 Å². The highest BCUT2D eigenvalue weighted by Crippen LogP contribution is 2.24. The van der Waals surface area contributed by atoms with Crippen LogP contribution in [0.15, 0.2) is 97.3 Å². The van der Waals surface area contributed by atoms with Crippen LogP contribution in [-0.4, -0.2) is 16.3 Å². The summed E-state index contributed by atoms with van der Waals surface area (Å²) in [5.41, 5.74) is 3.34. The average Bonchev–Trinajstić information content (AvgIpc) is 3.38. The molecule has 0 N–H and O–H groups in total. The molecule has 1 heterocycles. The summed E-state index contributed by atoms with van der Waals surface area (Å²) in [5, 5.41) is 5.10. The van der Waals surface area contributed by atoms with Crippen LogP contribution in [0.4, 0.5) is 11.6 Å². The zero-order chi connectivity index (χ0) is 24.8. The normalized spacial score (nSPS) is 10.7. The Balaban J connectivity index is 0.00000380. The van der Waals surface area contributed by atoms with E-state index in [0.29, 0.717) is 0 Å². The largest absolute Gasteiger partial charge is 1.00 e. The van der Waals surface area contributed by atoms with E-state index < -0.39 is 0 Å². The summed E-state index contributed by atoms with van der Waals surface area (Å²) in [6.07, 6.45) is 15.4. The van der Waals surface area contributed by atoms with E-state index >= 15 is 0 Å². The van der Waals surface area contributed by atoms with Crippen LogP contribution in [0.2, 0.25) is 0 Å². The molecule has 5 heteroatoms. The molecular weight excluding hydrogens is 567 g/mol. The minimum Gasteiger partial charge on any atom is -1.00 e. The fourth-order valence-electron chi connectivity index (χ4n) is 4.70. The molecule has 4 aromatic rings. The van der Waals surface area contributed by atoms with Gasteiger partial charge in [-0.1, -0.05) is 119 Å². The maximum absolute atomic E-state index is 5.10. The molecule has 0 spiro atoms. The number of aromatic nitrogens is 3. The van der Waals surface area contributed by atoms with E-state index in [-0.39, 0.29) is 24.0 Å². The quantitative estimate of drug-likeness (QED) is 0.105. The smallest absolute Gasteiger partial charge is 0.390 e. The van der Waals surface area contributed by atoms with Gasteiger partial charge in [0.1, 0.15) is 5.69 Å². The van der Waals surface area contributed by atoms with Gasteiger partial charge in [0.2, 0.25) is 6.33 Å². The second-order valence-corrected chi connectivity index (χ2v) is 9.57. The Hall–Kier alpha value is -2.67. The van der Waals surface area contributed by atoms with Crippen molar-refractivity contribution in [2.24, 2.45) is 0 Å². The van der Waals surface area contributed by atoms with Crippen LogP contribution < -0.4 is 33.4 Å². The van der Waals surface area contributed by atoms with Crippen molar-refractivity contribution in [2.75, 3.05) is 11.4 Å². The number of hydrogen-bond donors (Lipinski definition) is 0. The van der Waals surface area contributed by atoms with Gasteiger partial charge in [-0.05, 0) is 42.8 Å². The molecular formula is C32H41IN4. The number of nitrogens with zero attached hydrogens (tertiary/aromatic N) is 4. The van der Waals surface area contributed by atoms with Crippen LogP contribution in [0.5, 0.6) is 0 Å². The van der Waals surface area contributed by atoms with E-state index in [2.05, 4.69) is 108 Å².